The van der Waals surface area contributed by atoms with Gasteiger partial charge in [-0.3, -0.25) is 9.59 Å². The second-order valence-electron chi connectivity index (χ2n) is 8.53. The minimum absolute atomic E-state index is 0.00721. The fraction of sp³-hybridized carbons (Fsp3) is 0.391. The lowest BCUT2D eigenvalue weighted by molar-refractivity contribution is -0.118. The summed E-state index contributed by atoms with van der Waals surface area (Å²) in [7, 11) is 0. The van der Waals surface area contributed by atoms with E-state index in [1.165, 1.54) is 0 Å². The molecule has 3 N–H and O–H groups in total. The van der Waals surface area contributed by atoms with Gasteiger partial charge in [0.2, 0.25) is 0 Å². The number of pyridine rings is 1. The number of piperidine rings is 1. The van der Waals surface area contributed by atoms with Crippen LogP contribution in [0.15, 0.2) is 29.1 Å². The van der Waals surface area contributed by atoms with Gasteiger partial charge in [-0.25, -0.2) is 18.7 Å². The van der Waals surface area contributed by atoms with Gasteiger partial charge >= 0.3 is 0 Å². The molecule has 0 bridgehead atoms. The molecule has 178 valence electrons. The SMILES string of the molecule is O=C1COc2ccc(CNC3CCN(CCc4nc5cc(F)cc(F)c5[nH]c4=O)CC3)nc2N1. The van der Waals surface area contributed by atoms with Gasteiger partial charge in [-0.05, 0) is 38.1 Å². The highest BCUT2D eigenvalue weighted by Crippen LogP contribution is 2.25. The molecular formula is C23H24F2N6O3. The van der Waals surface area contributed by atoms with Crippen molar-refractivity contribution in [3.05, 3.63) is 57.6 Å². The van der Waals surface area contributed by atoms with Crippen LogP contribution in [0.2, 0.25) is 0 Å². The van der Waals surface area contributed by atoms with Crippen LogP contribution in [-0.2, 0) is 17.8 Å². The lowest BCUT2D eigenvalue weighted by atomic mass is 10.0. The number of benzene rings is 1. The topological polar surface area (TPSA) is 112 Å². The fourth-order valence-electron chi connectivity index (χ4n) is 4.30. The number of hydrogen-bond acceptors (Lipinski definition) is 7. The van der Waals surface area contributed by atoms with Crippen molar-refractivity contribution in [1.29, 1.82) is 0 Å². The van der Waals surface area contributed by atoms with E-state index < -0.39 is 17.2 Å². The number of carbonyl (C=O) groups excluding carboxylic acids is 1. The average Bonchev–Trinajstić information content (AvgIpc) is 2.82. The Balaban J connectivity index is 1.12. The predicted molar refractivity (Wildman–Crippen MR) is 121 cm³/mol. The zero-order chi connectivity index (χ0) is 23.7. The first-order valence-corrected chi connectivity index (χ1v) is 11.2. The highest BCUT2D eigenvalue weighted by molar-refractivity contribution is 5.94. The van der Waals surface area contributed by atoms with E-state index in [-0.39, 0.29) is 29.2 Å². The number of rotatable bonds is 6. The summed E-state index contributed by atoms with van der Waals surface area (Å²) in [6, 6.07) is 5.86. The summed E-state index contributed by atoms with van der Waals surface area (Å²) in [6.07, 6.45) is 2.26. The Bertz CT molecular complexity index is 1290. The normalized spacial score (nSPS) is 16.8. The minimum Gasteiger partial charge on any atom is -0.480 e. The van der Waals surface area contributed by atoms with Crippen molar-refractivity contribution in [2.75, 3.05) is 31.6 Å². The Labute approximate surface area is 193 Å². The van der Waals surface area contributed by atoms with Crippen LogP contribution in [0.5, 0.6) is 5.75 Å². The van der Waals surface area contributed by atoms with Crippen molar-refractivity contribution in [3.63, 3.8) is 0 Å². The summed E-state index contributed by atoms with van der Waals surface area (Å²) in [4.78, 5) is 37.1. The molecule has 0 radical (unpaired) electrons. The second-order valence-corrected chi connectivity index (χ2v) is 8.53. The lowest BCUT2D eigenvalue weighted by Gasteiger charge is -2.32. The number of likely N-dealkylation sites (tertiary alicyclic amines) is 1. The van der Waals surface area contributed by atoms with E-state index in [0.717, 1.165) is 43.8 Å². The molecule has 34 heavy (non-hydrogen) atoms. The molecule has 4 heterocycles. The second kappa shape index (κ2) is 9.43. The minimum atomic E-state index is -0.829. The molecule has 0 aliphatic carbocycles. The van der Waals surface area contributed by atoms with E-state index in [2.05, 4.69) is 30.5 Å². The number of ether oxygens (including phenoxy) is 1. The molecule has 1 amide bonds. The Kier molecular flexibility index (Phi) is 6.20. The maximum atomic E-state index is 13.8. The highest BCUT2D eigenvalue weighted by atomic mass is 19.1. The molecule has 9 nitrogen and oxygen atoms in total. The number of aromatic nitrogens is 3. The highest BCUT2D eigenvalue weighted by Gasteiger charge is 2.21. The Morgan fingerprint density at radius 2 is 1.97 bits per heavy atom. The molecule has 1 fully saturated rings. The van der Waals surface area contributed by atoms with E-state index in [0.29, 0.717) is 37.1 Å². The number of halogens is 2. The monoisotopic (exact) mass is 470 g/mol. The van der Waals surface area contributed by atoms with E-state index in [9.17, 15) is 18.4 Å². The molecule has 1 aromatic carbocycles. The summed E-state index contributed by atoms with van der Waals surface area (Å²) in [5, 5.41) is 6.22. The maximum absolute atomic E-state index is 13.8. The molecule has 0 atom stereocenters. The molecule has 2 aliphatic rings. The molecule has 3 aromatic rings. The van der Waals surface area contributed by atoms with Crippen LogP contribution >= 0.6 is 0 Å². The number of carbonyl (C=O) groups is 1. The third-order valence-electron chi connectivity index (χ3n) is 6.15. The van der Waals surface area contributed by atoms with E-state index in [1.807, 2.05) is 12.1 Å². The van der Waals surface area contributed by atoms with Crippen molar-refractivity contribution >= 4 is 22.8 Å². The van der Waals surface area contributed by atoms with Crippen molar-refractivity contribution in [2.45, 2.75) is 31.8 Å². The van der Waals surface area contributed by atoms with Gasteiger partial charge in [-0.2, -0.15) is 0 Å². The van der Waals surface area contributed by atoms with Crippen LogP contribution in [-0.4, -0.2) is 58.0 Å². The van der Waals surface area contributed by atoms with Gasteiger partial charge in [0.05, 0.1) is 11.2 Å². The van der Waals surface area contributed by atoms with E-state index in [1.54, 1.807) is 0 Å². The molecule has 2 aliphatic heterocycles. The standard InChI is InChI=1S/C23H24F2N6O3/c24-13-9-16(25)21-18(10-13)28-17(23(33)30-21)5-8-31-6-3-14(4-7-31)26-11-15-1-2-19-22(27-15)29-20(32)12-34-19/h1-2,9-10,14,26H,3-8,11-12H2,(H,30,33)(H,27,29,32). The number of fused-ring (bicyclic) bond motifs is 2. The Morgan fingerprint density at radius 3 is 2.79 bits per heavy atom. The first-order valence-electron chi connectivity index (χ1n) is 11.2. The quantitative estimate of drug-likeness (QED) is 0.503. The summed E-state index contributed by atoms with van der Waals surface area (Å²) in [6.45, 7) is 2.94. The van der Waals surface area contributed by atoms with Crippen LogP contribution in [0.3, 0.4) is 0 Å². The average molecular weight is 470 g/mol. The van der Waals surface area contributed by atoms with Crippen molar-refractivity contribution in [1.82, 2.24) is 25.2 Å². The van der Waals surface area contributed by atoms with Gasteiger partial charge in [-0.15, -0.1) is 0 Å². The number of H-pyrrole nitrogens is 1. The molecule has 11 heteroatoms. The maximum Gasteiger partial charge on any atom is 0.270 e. The van der Waals surface area contributed by atoms with E-state index in [4.69, 9.17) is 4.74 Å². The molecule has 1 saturated heterocycles. The lowest BCUT2D eigenvalue weighted by Crippen LogP contribution is -2.43. The summed E-state index contributed by atoms with van der Waals surface area (Å²) in [5.74, 6) is -0.740. The van der Waals surface area contributed by atoms with Gasteiger partial charge in [0.25, 0.3) is 11.5 Å². The Morgan fingerprint density at radius 1 is 1.15 bits per heavy atom. The van der Waals surface area contributed by atoms with Gasteiger partial charge in [0.15, 0.2) is 24.0 Å². The molecule has 0 spiro atoms. The number of aromatic amines is 1. The van der Waals surface area contributed by atoms with Crippen LogP contribution < -0.4 is 20.9 Å². The van der Waals surface area contributed by atoms with Gasteiger partial charge in [0.1, 0.15) is 17.0 Å². The largest absolute Gasteiger partial charge is 0.480 e. The molecular weight excluding hydrogens is 446 g/mol. The molecule has 2 aromatic heterocycles. The van der Waals surface area contributed by atoms with E-state index >= 15 is 0 Å². The summed E-state index contributed by atoms with van der Waals surface area (Å²) in [5.41, 5.74) is 0.671. The third kappa shape index (κ3) is 4.90. The van der Waals surface area contributed by atoms with Gasteiger partial charge in [-0.1, -0.05) is 0 Å². The number of amides is 1. The number of hydrogen-bond donors (Lipinski definition) is 3. The predicted octanol–water partition coefficient (Wildman–Crippen LogP) is 1.72. The smallest absolute Gasteiger partial charge is 0.270 e. The zero-order valence-electron chi connectivity index (χ0n) is 18.4. The third-order valence-corrected chi connectivity index (χ3v) is 6.15. The summed E-state index contributed by atoms with van der Waals surface area (Å²) >= 11 is 0. The first kappa shape index (κ1) is 22.4. The van der Waals surface area contributed by atoms with Crippen LogP contribution in [0.25, 0.3) is 11.0 Å². The number of nitrogens with zero attached hydrogens (tertiary/aromatic N) is 3. The van der Waals surface area contributed by atoms with Crippen LogP contribution in [0, 0.1) is 11.6 Å². The Hall–Kier alpha value is -3.44. The van der Waals surface area contributed by atoms with Crippen LogP contribution in [0.1, 0.15) is 24.2 Å². The van der Waals surface area contributed by atoms with Crippen LogP contribution in [0.4, 0.5) is 14.6 Å². The number of nitrogens with one attached hydrogen (secondary N) is 3. The van der Waals surface area contributed by atoms with Crippen molar-refractivity contribution in [2.24, 2.45) is 0 Å². The molecule has 0 saturated carbocycles. The zero-order valence-corrected chi connectivity index (χ0v) is 18.4. The van der Waals surface area contributed by atoms with Crippen molar-refractivity contribution < 1.29 is 18.3 Å². The van der Waals surface area contributed by atoms with Gasteiger partial charge < -0.3 is 25.3 Å². The molecule has 0 unspecified atom stereocenters. The van der Waals surface area contributed by atoms with Gasteiger partial charge in [0, 0.05) is 37.7 Å². The van der Waals surface area contributed by atoms with Crippen molar-refractivity contribution in [3.8, 4) is 5.75 Å². The molecule has 5 rings (SSSR count). The first-order chi connectivity index (χ1) is 16.4. The fourth-order valence-corrected chi connectivity index (χ4v) is 4.30. The number of anilines is 1. The summed E-state index contributed by atoms with van der Waals surface area (Å²) < 4.78 is 32.7.